The summed E-state index contributed by atoms with van der Waals surface area (Å²) in [6.45, 7) is 1.24. The summed E-state index contributed by atoms with van der Waals surface area (Å²) in [5.74, 6) is -0.0505. The van der Waals surface area contributed by atoms with Crippen LogP contribution in [-0.2, 0) is 9.53 Å². The van der Waals surface area contributed by atoms with E-state index in [1.54, 1.807) is 11.0 Å². The van der Waals surface area contributed by atoms with Crippen molar-refractivity contribution in [1.29, 1.82) is 0 Å². The smallest absolute Gasteiger partial charge is 0.253 e. The van der Waals surface area contributed by atoms with Gasteiger partial charge in [0.25, 0.3) is 5.91 Å². The maximum Gasteiger partial charge on any atom is 0.253 e. The first-order chi connectivity index (χ1) is 7.18. The number of halogens is 2. The molecule has 1 aliphatic rings. The second-order valence-electron chi connectivity index (χ2n) is 3.19. The van der Waals surface area contributed by atoms with E-state index in [-0.39, 0.29) is 12.5 Å². The summed E-state index contributed by atoms with van der Waals surface area (Å²) < 4.78 is 5.95. The molecule has 0 saturated carbocycles. The molecule has 1 saturated heterocycles. The molecule has 2 rings (SSSR count). The maximum atomic E-state index is 11.6. The van der Waals surface area contributed by atoms with Crippen molar-refractivity contribution >= 4 is 39.1 Å². The van der Waals surface area contributed by atoms with Gasteiger partial charge in [0.05, 0.1) is 17.3 Å². The molecular weight excluding hydrogens is 281 g/mol. The van der Waals surface area contributed by atoms with Gasteiger partial charge in [-0.3, -0.25) is 4.79 Å². The lowest BCUT2D eigenvalue weighted by molar-refractivity contribution is -0.125. The Morgan fingerprint density at radius 2 is 2.27 bits per heavy atom. The summed E-state index contributed by atoms with van der Waals surface area (Å²) in [6, 6.07) is 5.47. The van der Waals surface area contributed by atoms with Gasteiger partial charge in [-0.2, -0.15) is 0 Å². The van der Waals surface area contributed by atoms with Gasteiger partial charge in [0, 0.05) is 11.0 Å². The molecule has 0 bridgehead atoms. The van der Waals surface area contributed by atoms with Crippen molar-refractivity contribution in [3.63, 3.8) is 0 Å². The minimum Gasteiger partial charge on any atom is -0.370 e. The van der Waals surface area contributed by atoms with Gasteiger partial charge in [0.15, 0.2) is 0 Å². The Kier molecular flexibility index (Phi) is 3.29. The Hall–Kier alpha value is -0.580. The van der Waals surface area contributed by atoms with E-state index < -0.39 is 0 Å². The molecule has 1 aromatic carbocycles. The molecule has 3 nitrogen and oxygen atoms in total. The fraction of sp³-hybridized carbons (Fsp3) is 0.300. The molecule has 1 amide bonds. The Labute approximate surface area is 101 Å². The molecule has 5 heteroatoms. The molecule has 0 N–H and O–H groups in total. The lowest BCUT2D eigenvalue weighted by atomic mass is 10.2. The Morgan fingerprint density at radius 3 is 2.93 bits per heavy atom. The lowest BCUT2D eigenvalue weighted by Crippen LogP contribution is -2.41. The third kappa shape index (κ3) is 2.33. The largest absolute Gasteiger partial charge is 0.370 e. The van der Waals surface area contributed by atoms with Gasteiger partial charge in [0.1, 0.15) is 6.61 Å². The predicted octanol–water partition coefficient (Wildman–Crippen LogP) is 2.47. The fourth-order valence-electron chi connectivity index (χ4n) is 1.47. The average Bonchev–Trinajstić information content (AvgIpc) is 2.20. The number of morpholine rings is 1. The second kappa shape index (κ2) is 4.51. The van der Waals surface area contributed by atoms with Crippen LogP contribution in [0.4, 0.5) is 5.69 Å². The minimum atomic E-state index is -0.0505. The highest BCUT2D eigenvalue weighted by Crippen LogP contribution is 2.29. The lowest BCUT2D eigenvalue weighted by Gasteiger charge is -2.27. The van der Waals surface area contributed by atoms with Crippen LogP contribution in [0, 0.1) is 0 Å². The zero-order chi connectivity index (χ0) is 10.8. The van der Waals surface area contributed by atoms with Crippen LogP contribution in [0.1, 0.15) is 0 Å². The quantitative estimate of drug-likeness (QED) is 0.795. The highest BCUT2D eigenvalue weighted by atomic mass is 79.9. The van der Waals surface area contributed by atoms with Crippen LogP contribution >= 0.6 is 27.5 Å². The van der Waals surface area contributed by atoms with Gasteiger partial charge >= 0.3 is 0 Å². The van der Waals surface area contributed by atoms with E-state index >= 15 is 0 Å². The van der Waals surface area contributed by atoms with Crippen molar-refractivity contribution in [2.75, 3.05) is 24.7 Å². The molecular formula is C10H9BrClNO2. The summed E-state index contributed by atoms with van der Waals surface area (Å²) in [6.07, 6.45) is 0. The number of ether oxygens (including phenoxy) is 1. The van der Waals surface area contributed by atoms with Gasteiger partial charge in [-0.25, -0.2) is 0 Å². The molecule has 1 heterocycles. The van der Waals surface area contributed by atoms with Crippen molar-refractivity contribution in [3.8, 4) is 0 Å². The van der Waals surface area contributed by atoms with Crippen LogP contribution in [0.2, 0.25) is 5.02 Å². The number of benzene rings is 1. The Bertz CT molecular complexity index is 397. The first-order valence-corrected chi connectivity index (χ1v) is 5.69. The summed E-state index contributed by atoms with van der Waals surface area (Å²) >= 11 is 9.39. The number of hydrogen-bond donors (Lipinski definition) is 0. The van der Waals surface area contributed by atoms with Gasteiger partial charge in [-0.15, -0.1) is 0 Å². The molecule has 1 fully saturated rings. The van der Waals surface area contributed by atoms with Crippen molar-refractivity contribution in [2.24, 2.45) is 0 Å². The van der Waals surface area contributed by atoms with E-state index in [0.717, 1.165) is 10.2 Å². The van der Waals surface area contributed by atoms with Gasteiger partial charge in [-0.1, -0.05) is 27.5 Å². The van der Waals surface area contributed by atoms with E-state index in [2.05, 4.69) is 15.9 Å². The summed E-state index contributed by atoms with van der Waals surface area (Å²) in [4.78, 5) is 13.2. The summed E-state index contributed by atoms with van der Waals surface area (Å²) in [5.41, 5.74) is 0.744. The van der Waals surface area contributed by atoms with Crippen molar-refractivity contribution in [3.05, 3.63) is 27.7 Å². The van der Waals surface area contributed by atoms with Crippen LogP contribution in [0.5, 0.6) is 0 Å². The van der Waals surface area contributed by atoms with Crippen LogP contribution in [0.25, 0.3) is 0 Å². The maximum absolute atomic E-state index is 11.6. The SMILES string of the molecule is O=C1COCCN1c1ccc(Br)cc1Cl. The monoisotopic (exact) mass is 289 g/mol. The fourth-order valence-corrected chi connectivity index (χ4v) is 2.25. The summed E-state index contributed by atoms with van der Waals surface area (Å²) in [7, 11) is 0. The van der Waals surface area contributed by atoms with Crippen molar-refractivity contribution in [2.45, 2.75) is 0 Å². The third-order valence-corrected chi connectivity index (χ3v) is 2.98. The van der Waals surface area contributed by atoms with Crippen LogP contribution in [0.15, 0.2) is 22.7 Å². The number of carbonyl (C=O) groups excluding carboxylic acids is 1. The first-order valence-electron chi connectivity index (χ1n) is 4.51. The Morgan fingerprint density at radius 1 is 1.47 bits per heavy atom. The molecule has 0 radical (unpaired) electrons. The van der Waals surface area contributed by atoms with Gasteiger partial charge in [-0.05, 0) is 18.2 Å². The summed E-state index contributed by atoms with van der Waals surface area (Å²) in [5, 5.41) is 0.569. The van der Waals surface area contributed by atoms with Crippen molar-refractivity contribution in [1.82, 2.24) is 0 Å². The zero-order valence-corrected chi connectivity index (χ0v) is 10.2. The zero-order valence-electron chi connectivity index (χ0n) is 7.87. The molecule has 0 unspecified atom stereocenters. The second-order valence-corrected chi connectivity index (χ2v) is 4.52. The molecule has 0 aliphatic carbocycles. The number of nitrogens with zero attached hydrogens (tertiary/aromatic N) is 1. The number of anilines is 1. The molecule has 15 heavy (non-hydrogen) atoms. The van der Waals surface area contributed by atoms with Gasteiger partial charge < -0.3 is 9.64 Å². The van der Waals surface area contributed by atoms with Crippen molar-refractivity contribution < 1.29 is 9.53 Å². The highest BCUT2D eigenvalue weighted by Gasteiger charge is 2.21. The predicted molar refractivity (Wildman–Crippen MR) is 62.3 cm³/mol. The van der Waals surface area contributed by atoms with E-state index in [4.69, 9.17) is 16.3 Å². The first kappa shape index (κ1) is 10.9. The standard InChI is InChI=1S/C10H9BrClNO2/c11-7-1-2-9(8(12)5-7)13-3-4-15-6-10(13)14/h1-2,5H,3-4,6H2. The molecule has 1 aliphatic heterocycles. The minimum absolute atomic E-state index is 0.0505. The van der Waals surface area contributed by atoms with Crippen LogP contribution in [0.3, 0.4) is 0 Å². The topological polar surface area (TPSA) is 29.5 Å². The van der Waals surface area contributed by atoms with Crippen LogP contribution < -0.4 is 4.90 Å². The van der Waals surface area contributed by atoms with E-state index in [0.29, 0.717) is 18.2 Å². The average molecular weight is 291 g/mol. The number of carbonyl (C=O) groups is 1. The van der Waals surface area contributed by atoms with E-state index in [1.165, 1.54) is 0 Å². The van der Waals surface area contributed by atoms with E-state index in [1.807, 2.05) is 12.1 Å². The molecule has 0 aromatic heterocycles. The number of amides is 1. The normalized spacial score (nSPS) is 16.9. The van der Waals surface area contributed by atoms with E-state index in [9.17, 15) is 4.79 Å². The third-order valence-electron chi connectivity index (χ3n) is 2.19. The molecule has 0 spiro atoms. The molecule has 80 valence electrons. The highest BCUT2D eigenvalue weighted by molar-refractivity contribution is 9.10. The Balaban J connectivity index is 2.31. The molecule has 1 aromatic rings. The molecule has 0 atom stereocenters. The van der Waals surface area contributed by atoms with Crippen LogP contribution in [-0.4, -0.2) is 25.7 Å². The van der Waals surface area contributed by atoms with Gasteiger partial charge in [0.2, 0.25) is 0 Å². The number of hydrogen-bond acceptors (Lipinski definition) is 2. The number of rotatable bonds is 1.